The van der Waals surface area contributed by atoms with Gasteiger partial charge in [-0.15, -0.1) is 0 Å². The zero-order valence-electron chi connectivity index (χ0n) is 6.21. The van der Waals surface area contributed by atoms with Crippen molar-refractivity contribution in [2.45, 2.75) is 0 Å². The largest absolute Gasteiger partial charge is 0.478 e. The second-order valence-corrected chi connectivity index (χ2v) is 2.61. The number of aromatic carboxylic acids is 1. The summed E-state index contributed by atoms with van der Waals surface area (Å²) < 4.78 is 13.0. The van der Waals surface area contributed by atoms with Crippen LogP contribution in [0.25, 0.3) is 0 Å². The van der Waals surface area contributed by atoms with Gasteiger partial charge in [-0.25, -0.2) is 9.18 Å². The number of carbonyl (C=O) groups is 1. The first-order chi connectivity index (χ1) is 6.07. The number of carboxylic acids is 1. The maximum atomic E-state index is 13.0. The van der Waals surface area contributed by atoms with Crippen LogP contribution in [-0.2, 0) is 0 Å². The fourth-order valence-corrected chi connectivity index (χ4v) is 0.996. The molecule has 0 aromatic heterocycles. The van der Waals surface area contributed by atoms with E-state index in [0.29, 0.717) is 0 Å². The lowest BCUT2D eigenvalue weighted by atomic mass is 10.1. The van der Waals surface area contributed by atoms with Gasteiger partial charge in [0, 0.05) is 0 Å². The highest BCUT2D eigenvalue weighted by Crippen LogP contribution is 2.21. The average Bonchev–Trinajstić information content (AvgIpc) is 2.09. The Morgan fingerprint density at radius 3 is 2.69 bits per heavy atom. The molecule has 1 N–H and O–H groups in total. The number of nitriles is 1. The molecule has 3 nitrogen and oxygen atoms in total. The molecule has 0 aliphatic heterocycles. The van der Waals surface area contributed by atoms with Crippen LogP contribution in [0.5, 0.6) is 0 Å². The van der Waals surface area contributed by atoms with Crippen LogP contribution in [0.3, 0.4) is 0 Å². The van der Waals surface area contributed by atoms with Crippen molar-refractivity contribution < 1.29 is 14.3 Å². The second kappa shape index (κ2) is 3.42. The lowest BCUT2D eigenvalue weighted by molar-refractivity contribution is 0.0696. The van der Waals surface area contributed by atoms with Gasteiger partial charge >= 0.3 is 5.97 Å². The number of nitrogens with zero attached hydrogens (tertiary/aromatic N) is 1. The molecule has 0 aliphatic rings. The van der Waals surface area contributed by atoms with Crippen LogP contribution in [0.15, 0.2) is 12.1 Å². The van der Waals surface area contributed by atoms with Crippen LogP contribution < -0.4 is 0 Å². The van der Waals surface area contributed by atoms with Crippen LogP contribution in [0, 0.1) is 17.1 Å². The number of carboxylic acid groups (broad SMARTS) is 1. The van der Waals surface area contributed by atoms with Crippen LogP contribution in [0.2, 0.25) is 5.02 Å². The number of rotatable bonds is 1. The Balaban J connectivity index is 3.50. The molecule has 66 valence electrons. The van der Waals surface area contributed by atoms with Gasteiger partial charge < -0.3 is 5.11 Å². The minimum absolute atomic E-state index is 0.262. The highest BCUT2D eigenvalue weighted by Gasteiger charge is 2.16. The zero-order valence-corrected chi connectivity index (χ0v) is 6.97. The number of hydrogen-bond donors (Lipinski definition) is 1. The molecule has 0 bridgehead atoms. The number of halogens is 2. The molecule has 13 heavy (non-hydrogen) atoms. The Labute approximate surface area is 78.0 Å². The molecule has 0 saturated heterocycles. The molecule has 5 heteroatoms. The van der Waals surface area contributed by atoms with Crippen LogP contribution in [-0.4, -0.2) is 11.1 Å². The minimum Gasteiger partial charge on any atom is -0.478 e. The van der Waals surface area contributed by atoms with Crippen molar-refractivity contribution in [2.24, 2.45) is 0 Å². The van der Waals surface area contributed by atoms with E-state index >= 15 is 0 Å². The van der Waals surface area contributed by atoms with Crippen molar-refractivity contribution in [2.75, 3.05) is 0 Å². The third-order valence-corrected chi connectivity index (χ3v) is 1.73. The van der Waals surface area contributed by atoms with Gasteiger partial charge in [-0.1, -0.05) is 11.6 Å². The summed E-state index contributed by atoms with van der Waals surface area (Å²) in [4.78, 5) is 10.5. The van der Waals surface area contributed by atoms with E-state index in [4.69, 9.17) is 22.0 Å². The normalized spacial score (nSPS) is 9.31. The van der Waals surface area contributed by atoms with E-state index in [1.165, 1.54) is 6.07 Å². The lowest BCUT2D eigenvalue weighted by Gasteiger charge is -2.00. The smallest absolute Gasteiger partial charge is 0.337 e. The topological polar surface area (TPSA) is 61.1 Å². The first kappa shape index (κ1) is 9.49. The first-order valence-electron chi connectivity index (χ1n) is 3.19. The van der Waals surface area contributed by atoms with E-state index in [-0.39, 0.29) is 10.6 Å². The van der Waals surface area contributed by atoms with Gasteiger partial charge in [-0.2, -0.15) is 5.26 Å². The van der Waals surface area contributed by atoms with Gasteiger partial charge in [-0.05, 0) is 12.1 Å². The highest BCUT2D eigenvalue weighted by molar-refractivity contribution is 6.31. The van der Waals surface area contributed by atoms with E-state index in [0.717, 1.165) is 12.1 Å². The standard InChI is InChI=1S/C8H3ClFNO2/c9-6-2-1-4(8(12)13)5(3-11)7(6)10/h1-2H,(H,12,13). The van der Waals surface area contributed by atoms with Gasteiger partial charge in [0.05, 0.1) is 10.6 Å². The third-order valence-electron chi connectivity index (χ3n) is 1.44. The molecule has 0 saturated carbocycles. The Kier molecular flexibility index (Phi) is 2.49. The molecule has 0 fully saturated rings. The predicted octanol–water partition coefficient (Wildman–Crippen LogP) is 2.05. The molecular formula is C8H3ClFNO2. The maximum Gasteiger partial charge on any atom is 0.337 e. The summed E-state index contributed by atoms with van der Waals surface area (Å²) in [7, 11) is 0. The molecule has 1 aromatic carbocycles. The molecule has 0 radical (unpaired) electrons. The molecular weight excluding hydrogens is 197 g/mol. The minimum atomic E-state index is -1.35. The molecule has 1 aromatic rings. The summed E-state index contributed by atoms with van der Waals surface area (Å²) in [5.74, 6) is -2.35. The maximum absolute atomic E-state index is 13.0. The van der Waals surface area contributed by atoms with E-state index in [9.17, 15) is 9.18 Å². The van der Waals surface area contributed by atoms with Crippen LogP contribution in [0.1, 0.15) is 15.9 Å². The fraction of sp³-hybridized carbons (Fsp3) is 0. The van der Waals surface area contributed by atoms with Gasteiger partial charge in [0.15, 0.2) is 5.82 Å². The van der Waals surface area contributed by atoms with Crippen LogP contribution in [0.4, 0.5) is 4.39 Å². The second-order valence-electron chi connectivity index (χ2n) is 2.20. The Morgan fingerprint density at radius 2 is 2.23 bits per heavy atom. The van der Waals surface area contributed by atoms with Crippen molar-refractivity contribution in [3.63, 3.8) is 0 Å². The molecule has 0 atom stereocenters. The zero-order chi connectivity index (χ0) is 10.0. The van der Waals surface area contributed by atoms with Gasteiger partial charge in [-0.3, -0.25) is 0 Å². The van der Waals surface area contributed by atoms with E-state index in [2.05, 4.69) is 0 Å². The molecule has 0 amide bonds. The molecule has 0 unspecified atom stereocenters. The van der Waals surface area contributed by atoms with Gasteiger partial charge in [0.2, 0.25) is 0 Å². The predicted molar refractivity (Wildman–Crippen MR) is 43.1 cm³/mol. The Bertz CT molecular complexity index is 411. The summed E-state index contributed by atoms with van der Waals surface area (Å²) in [5.41, 5.74) is -0.926. The fourth-order valence-electron chi connectivity index (χ4n) is 0.838. The molecule has 0 aliphatic carbocycles. The average molecular weight is 200 g/mol. The van der Waals surface area contributed by atoms with Crippen molar-refractivity contribution in [3.05, 3.63) is 34.1 Å². The molecule has 0 spiro atoms. The van der Waals surface area contributed by atoms with Gasteiger partial charge in [0.1, 0.15) is 11.6 Å². The first-order valence-corrected chi connectivity index (χ1v) is 3.57. The van der Waals surface area contributed by atoms with Crippen LogP contribution >= 0.6 is 11.6 Å². The Hall–Kier alpha value is -1.60. The number of benzene rings is 1. The van der Waals surface area contributed by atoms with E-state index in [1.807, 2.05) is 0 Å². The summed E-state index contributed by atoms with van der Waals surface area (Å²) in [5, 5.41) is 16.7. The third kappa shape index (κ3) is 1.60. The van der Waals surface area contributed by atoms with Crippen molar-refractivity contribution >= 4 is 17.6 Å². The molecule has 0 heterocycles. The summed E-state index contributed by atoms with van der Waals surface area (Å²) in [6.45, 7) is 0. The Morgan fingerprint density at radius 1 is 1.62 bits per heavy atom. The van der Waals surface area contributed by atoms with Gasteiger partial charge in [0.25, 0.3) is 0 Å². The lowest BCUT2D eigenvalue weighted by Crippen LogP contribution is -2.02. The summed E-state index contributed by atoms with van der Waals surface area (Å²) in [6.07, 6.45) is 0. The van der Waals surface area contributed by atoms with Crippen molar-refractivity contribution in [1.82, 2.24) is 0 Å². The summed E-state index contributed by atoms with van der Waals surface area (Å²) >= 11 is 5.35. The SMILES string of the molecule is N#Cc1c(C(=O)O)ccc(Cl)c1F. The van der Waals surface area contributed by atoms with E-state index in [1.54, 1.807) is 0 Å². The van der Waals surface area contributed by atoms with Crippen molar-refractivity contribution in [3.8, 4) is 6.07 Å². The summed E-state index contributed by atoms with van der Waals surface area (Å²) in [6, 6.07) is 3.63. The monoisotopic (exact) mass is 199 g/mol. The highest BCUT2D eigenvalue weighted by atomic mass is 35.5. The number of hydrogen-bond acceptors (Lipinski definition) is 2. The molecule has 1 rings (SSSR count). The van der Waals surface area contributed by atoms with Crippen molar-refractivity contribution in [1.29, 1.82) is 5.26 Å². The van der Waals surface area contributed by atoms with E-state index < -0.39 is 17.3 Å². The quantitative estimate of drug-likeness (QED) is 0.753.